The van der Waals surface area contributed by atoms with E-state index in [0.717, 1.165) is 36.4 Å². The normalized spacial score (nSPS) is 26.6. The fourth-order valence-electron chi connectivity index (χ4n) is 3.21. The van der Waals surface area contributed by atoms with Gasteiger partial charge in [0.05, 0.1) is 5.01 Å². The van der Waals surface area contributed by atoms with Gasteiger partial charge in [0.2, 0.25) is 0 Å². The molecule has 0 spiro atoms. The molecule has 2 unspecified atom stereocenters. The molecule has 0 aromatic carbocycles. The van der Waals surface area contributed by atoms with E-state index in [1.165, 1.54) is 19.3 Å². The molecule has 0 radical (unpaired) electrons. The summed E-state index contributed by atoms with van der Waals surface area (Å²) in [6.07, 6.45) is 4.70. The first-order valence-electron chi connectivity index (χ1n) is 6.71. The number of aromatic nitrogens is 1. The molecule has 1 aromatic rings. The van der Waals surface area contributed by atoms with Crippen LogP contribution in [0.4, 0.5) is 0 Å². The third-order valence-electron chi connectivity index (χ3n) is 4.14. The summed E-state index contributed by atoms with van der Waals surface area (Å²) >= 11 is 1.54. The molecule has 2 heterocycles. The number of nitrogens with two attached hydrogens (primary N) is 1. The predicted molar refractivity (Wildman–Crippen MR) is 71.6 cm³/mol. The Balaban J connectivity index is 1.67. The number of nitrogens with zero attached hydrogens (tertiary/aromatic N) is 2. The minimum Gasteiger partial charge on any atom is -0.337 e. The topological polar surface area (TPSA) is 59.2 Å². The van der Waals surface area contributed by atoms with Crippen LogP contribution in [0.5, 0.6) is 0 Å². The molecule has 98 valence electrons. The first-order valence-corrected chi connectivity index (χ1v) is 7.59. The van der Waals surface area contributed by atoms with Crippen molar-refractivity contribution in [3.8, 4) is 0 Å². The average molecular weight is 265 g/mol. The summed E-state index contributed by atoms with van der Waals surface area (Å²) in [5, 5.41) is 2.85. The quantitative estimate of drug-likeness (QED) is 0.901. The molecule has 1 aromatic heterocycles. The number of amides is 1. The van der Waals surface area contributed by atoms with E-state index in [4.69, 9.17) is 5.73 Å². The summed E-state index contributed by atoms with van der Waals surface area (Å²) in [4.78, 5) is 18.7. The van der Waals surface area contributed by atoms with E-state index in [1.54, 1.807) is 11.3 Å². The van der Waals surface area contributed by atoms with E-state index >= 15 is 0 Å². The Labute approximate surface area is 111 Å². The van der Waals surface area contributed by atoms with E-state index in [9.17, 15) is 4.79 Å². The fraction of sp³-hybridized carbons (Fsp3) is 0.692. The van der Waals surface area contributed by atoms with Gasteiger partial charge in [-0.15, -0.1) is 11.3 Å². The minimum absolute atomic E-state index is 0.115. The highest BCUT2D eigenvalue weighted by molar-refractivity contribution is 7.09. The van der Waals surface area contributed by atoms with Crippen molar-refractivity contribution in [3.63, 3.8) is 0 Å². The van der Waals surface area contributed by atoms with Gasteiger partial charge >= 0.3 is 0 Å². The Morgan fingerprint density at radius 1 is 1.44 bits per heavy atom. The molecule has 4 nitrogen and oxygen atoms in total. The van der Waals surface area contributed by atoms with Gasteiger partial charge in [-0.25, -0.2) is 4.98 Å². The third-order valence-corrected chi connectivity index (χ3v) is 5.05. The van der Waals surface area contributed by atoms with E-state index in [2.05, 4.69) is 4.98 Å². The summed E-state index contributed by atoms with van der Waals surface area (Å²) in [5.74, 6) is 1.61. The number of hydrogen-bond acceptors (Lipinski definition) is 4. The maximum atomic E-state index is 12.3. The van der Waals surface area contributed by atoms with E-state index in [0.29, 0.717) is 12.2 Å². The summed E-state index contributed by atoms with van der Waals surface area (Å²) < 4.78 is 0. The van der Waals surface area contributed by atoms with Crippen LogP contribution in [0.15, 0.2) is 5.38 Å². The third kappa shape index (κ3) is 2.17. The number of carbonyl (C=O) groups is 1. The van der Waals surface area contributed by atoms with Crippen LogP contribution in [-0.4, -0.2) is 35.4 Å². The van der Waals surface area contributed by atoms with Crippen molar-refractivity contribution in [3.05, 3.63) is 16.1 Å². The largest absolute Gasteiger partial charge is 0.337 e. The molecule has 3 rings (SSSR count). The summed E-state index contributed by atoms with van der Waals surface area (Å²) in [6, 6.07) is 0. The average Bonchev–Trinajstić information content (AvgIpc) is 3.02. The lowest BCUT2D eigenvalue weighted by molar-refractivity contribution is 0.0775. The molecule has 1 aliphatic heterocycles. The number of carbonyl (C=O) groups excluding carboxylic acids is 1. The first-order chi connectivity index (χ1) is 8.78. The summed E-state index contributed by atoms with van der Waals surface area (Å²) in [7, 11) is 0. The minimum atomic E-state index is 0.115. The Morgan fingerprint density at radius 2 is 2.17 bits per heavy atom. The van der Waals surface area contributed by atoms with Crippen molar-refractivity contribution in [2.75, 3.05) is 19.6 Å². The molecule has 1 amide bonds. The molecule has 2 fully saturated rings. The summed E-state index contributed by atoms with van der Waals surface area (Å²) in [6.45, 7) is 2.47. The smallest absolute Gasteiger partial charge is 0.273 e. The number of likely N-dealkylation sites (tertiary alicyclic amines) is 1. The molecular weight excluding hydrogens is 246 g/mol. The molecular formula is C13H19N3OS. The zero-order valence-electron chi connectivity index (χ0n) is 10.5. The summed E-state index contributed by atoms with van der Waals surface area (Å²) in [5.41, 5.74) is 6.12. The first kappa shape index (κ1) is 12.1. The number of hydrogen-bond donors (Lipinski definition) is 1. The van der Waals surface area contributed by atoms with Crippen LogP contribution in [0.25, 0.3) is 0 Å². The highest BCUT2D eigenvalue weighted by Gasteiger charge is 2.38. The molecule has 2 aliphatic rings. The van der Waals surface area contributed by atoms with Crippen molar-refractivity contribution in [1.82, 2.24) is 9.88 Å². The second-order valence-electron chi connectivity index (χ2n) is 5.33. The molecule has 1 saturated carbocycles. The second-order valence-corrected chi connectivity index (χ2v) is 6.27. The zero-order chi connectivity index (χ0) is 12.5. The van der Waals surface area contributed by atoms with Gasteiger partial charge in [0.25, 0.3) is 5.91 Å². The van der Waals surface area contributed by atoms with Gasteiger partial charge in [0, 0.05) is 24.9 Å². The molecule has 5 heteroatoms. The van der Waals surface area contributed by atoms with Gasteiger partial charge in [-0.3, -0.25) is 4.79 Å². The lowest BCUT2D eigenvalue weighted by atomic mass is 10.0. The maximum Gasteiger partial charge on any atom is 0.273 e. The molecule has 2 N–H and O–H groups in total. The standard InChI is InChI=1S/C13H19N3OS/c14-5-4-12-15-11(8-18-12)13(17)16-6-9-2-1-3-10(9)7-16/h8-10H,1-7,14H2. The van der Waals surface area contributed by atoms with Crippen LogP contribution in [0, 0.1) is 11.8 Å². The van der Waals surface area contributed by atoms with Gasteiger partial charge in [-0.1, -0.05) is 6.42 Å². The Bertz CT molecular complexity index is 433. The fourth-order valence-corrected chi connectivity index (χ4v) is 4.00. The monoisotopic (exact) mass is 265 g/mol. The van der Waals surface area contributed by atoms with Crippen LogP contribution < -0.4 is 5.73 Å². The van der Waals surface area contributed by atoms with Gasteiger partial charge in [-0.05, 0) is 31.2 Å². The van der Waals surface area contributed by atoms with Crippen molar-refractivity contribution < 1.29 is 4.79 Å². The number of thiazole rings is 1. The van der Waals surface area contributed by atoms with Crippen molar-refractivity contribution in [2.24, 2.45) is 17.6 Å². The second kappa shape index (κ2) is 4.97. The number of fused-ring (bicyclic) bond motifs is 1. The molecule has 1 aliphatic carbocycles. The van der Waals surface area contributed by atoms with E-state index in [1.807, 2.05) is 10.3 Å². The van der Waals surface area contributed by atoms with Crippen molar-refractivity contribution in [2.45, 2.75) is 25.7 Å². The zero-order valence-corrected chi connectivity index (χ0v) is 11.3. The molecule has 18 heavy (non-hydrogen) atoms. The van der Waals surface area contributed by atoms with Crippen LogP contribution in [0.2, 0.25) is 0 Å². The predicted octanol–water partition coefficient (Wildman–Crippen LogP) is 1.52. The van der Waals surface area contributed by atoms with E-state index in [-0.39, 0.29) is 5.91 Å². The van der Waals surface area contributed by atoms with Crippen LogP contribution >= 0.6 is 11.3 Å². The highest BCUT2D eigenvalue weighted by atomic mass is 32.1. The maximum absolute atomic E-state index is 12.3. The van der Waals surface area contributed by atoms with Gasteiger partial charge in [0.15, 0.2) is 0 Å². The molecule has 2 atom stereocenters. The lowest BCUT2D eigenvalue weighted by Crippen LogP contribution is -2.29. The molecule has 0 bridgehead atoms. The Kier molecular flexibility index (Phi) is 3.35. The lowest BCUT2D eigenvalue weighted by Gasteiger charge is -2.15. The number of rotatable bonds is 3. The van der Waals surface area contributed by atoms with Crippen molar-refractivity contribution in [1.29, 1.82) is 0 Å². The SMILES string of the molecule is NCCc1nc(C(=O)N2CC3CCCC3C2)cs1. The van der Waals surface area contributed by atoms with Crippen LogP contribution in [0.3, 0.4) is 0 Å². The van der Waals surface area contributed by atoms with Crippen LogP contribution in [-0.2, 0) is 6.42 Å². The van der Waals surface area contributed by atoms with E-state index < -0.39 is 0 Å². The van der Waals surface area contributed by atoms with Gasteiger partial charge in [-0.2, -0.15) is 0 Å². The van der Waals surface area contributed by atoms with Gasteiger partial charge < -0.3 is 10.6 Å². The van der Waals surface area contributed by atoms with Gasteiger partial charge in [0.1, 0.15) is 5.69 Å². The van der Waals surface area contributed by atoms with Crippen molar-refractivity contribution >= 4 is 17.2 Å². The van der Waals surface area contributed by atoms with Crippen LogP contribution in [0.1, 0.15) is 34.8 Å². The Hall–Kier alpha value is -0.940. The molecule has 1 saturated heterocycles. The highest BCUT2D eigenvalue weighted by Crippen LogP contribution is 2.38. The Morgan fingerprint density at radius 3 is 2.83 bits per heavy atom.